The lowest BCUT2D eigenvalue weighted by Gasteiger charge is -2.21. The zero-order valence-electron chi connectivity index (χ0n) is 22.9. The minimum absolute atomic E-state index is 0.127. The molecule has 0 bridgehead atoms. The van der Waals surface area contributed by atoms with E-state index in [0.717, 1.165) is 51.9 Å². The van der Waals surface area contributed by atoms with Crippen molar-refractivity contribution in [3.8, 4) is 22.5 Å². The fourth-order valence-electron chi connectivity index (χ4n) is 5.58. The van der Waals surface area contributed by atoms with Crippen molar-refractivity contribution < 1.29 is 23.6 Å². The number of carbonyl (C=O) groups excluding carboxylic acids is 2. The van der Waals surface area contributed by atoms with Gasteiger partial charge < -0.3 is 14.0 Å². The highest BCUT2D eigenvalue weighted by atomic mass is 16.6. The number of esters is 1. The number of ether oxygens (including phenoxy) is 2. The lowest BCUT2D eigenvalue weighted by Crippen LogP contribution is -2.31. The molecule has 6 rings (SSSR count). The minimum Gasteiger partial charge on any atom is -0.465 e. The monoisotopic (exact) mass is 536 g/mol. The van der Waals surface area contributed by atoms with Gasteiger partial charge in [0, 0.05) is 11.1 Å². The van der Waals surface area contributed by atoms with Gasteiger partial charge in [0.25, 0.3) is 0 Å². The van der Waals surface area contributed by atoms with Crippen molar-refractivity contribution in [2.45, 2.75) is 57.7 Å². The third-order valence-corrected chi connectivity index (χ3v) is 8.17. The molecule has 40 heavy (non-hydrogen) atoms. The summed E-state index contributed by atoms with van der Waals surface area (Å²) in [6.07, 6.45) is 0.997. The minimum atomic E-state index is -0.473. The van der Waals surface area contributed by atoms with Gasteiger partial charge in [-0.1, -0.05) is 84.0 Å². The van der Waals surface area contributed by atoms with Gasteiger partial charge in [-0.25, -0.2) is 4.79 Å². The second kappa shape index (κ2) is 10.3. The van der Waals surface area contributed by atoms with Crippen LogP contribution >= 0.6 is 0 Å². The van der Waals surface area contributed by atoms with Gasteiger partial charge in [-0.2, -0.15) is 0 Å². The third kappa shape index (κ3) is 4.55. The van der Waals surface area contributed by atoms with Crippen molar-refractivity contribution in [1.82, 2.24) is 10.1 Å². The fraction of sp³-hybridized carbons (Fsp3) is 0.303. The van der Waals surface area contributed by atoms with E-state index in [2.05, 4.69) is 17.3 Å². The summed E-state index contributed by atoms with van der Waals surface area (Å²) in [4.78, 5) is 27.0. The Morgan fingerprint density at radius 1 is 0.975 bits per heavy atom. The van der Waals surface area contributed by atoms with E-state index in [1.54, 1.807) is 4.90 Å². The molecule has 0 unspecified atom stereocenters. The molecule has 1 aliphatic carbocycles. The van der Waals surface area contributed by atoms with Gasteiger partial charge in [-0.3, -0.25) is 9.69 Å². The summed E-state index contributed by atoms with van der Waals surface area (Å²) in [5.74, 6) is 0.519. The Bertz CT molecular complexity index is 1520. The summed E-state index contributed by atoms with van der Waals surface area (Å²) in [6, 6.07) is 25.9. The van der Waals surface area contributed by atoms with E-state index in [1.165, 1.54) is 0 Å². The Hall–Kier alpha value is -4.39. The van der Waals surface area contributed by atoms with Crippen LogP contribution in [0.15, 0.2) is 83.4 Å². The molecule has 0 N–H and O–H groups in total. The molecule has 0 radical (unpaired) electrons. The van der Waals surface area contributed by atoms with Gasteiger partial charge >= 0.3 is 12.1 Å². The van der Waals surface area contributed by atoms with Crippen LogP contribution < -0.4 is 0 Å². The molecule has 1 aliphatic heterocycles. The van der Waals surface area contributed by atoms with E-state index < -0.39 is 5.41 Å². The number of carbonyl (C=O) groups is 2. The second-order valence-electron chi connectivity index (χ2n) is 10.6. The summed E-state index contributed by atoms with van der Waals surface area (Å²) in [7, 11) is 0. The summed E-state index contributed by atoms with van der Waals surface area (Å²) >= 11 is 0. The molecule has 4 aromatic rings. The van der Waals surface area contributed by atoms with Crippen molar-refractivity contribution in [3.63, 3.8) is 0 Å². The summed E-state index contributed by atoms with van der Waals surface area (Å²) in [5, 5.41) is 4.22. The number of benzene rings is 3. The van der Waals surface area contributed by atoms with E-state index in [9.17, 15) is 9.59 Å². The number of hydrogen-bond acceptors (Lipinski definition) is 6. The molecule has 7 heteroatoms. The molecule has 2 aliphatic rings. The van der Waals surface area contributed by atoms with Gasteiger partial charge in [0.05, 0.1) is 30.3 Å². The van der Waals surface area contributed by atoms with Gasteiger partial charge in [0.1, 0.15) is 6.10 Å². The second-order valence-corrected chi connectivity index (χ2v) is 10.6. The van der Waals surface area contributed by atoms with E-state index in [1.807, 2.05) is 87.5 Å². The normalized spacial score (nSPS) is 19.4. The highest BCUT2D eigenvalue weighted by molar-refractivity contribution is 5.87. The van der Waals surface area contributed by atoms with Gasteiger partial charge in [-0.15, -0.1) is 0 Å². The van der Waals surface area contributed by atoms with Gasteiger partial charge in [0.15, 0.2) is 5.76 Å². The number of nitrogens with zero attached hydrogens (tertiary/aromatic N) is 2. The Morgan fingerprint density at radius 2 is 1.60 bits per heavy atom. The molecule has 204 valence electrons. The highest BCUT2D eigenvalue weighted by Gasteiger charge is 2.52. The fourth-order valence-corrected chi connectivity index (χ4v) is 5.58. The van der Waals surface area contributed by atoms with Crippen LogP contribution in [0.3, 0.4) is 0 Å². The average Bonchev–Trinajstić information content (AvgIpc) is 3.65. The number of cyclic esters (lactones) is 1. The first-order valence-electron chi connectivity index (χ1n) is 13.8. The molecule has 0 spiro atoms. The smallest absolute Gasteiger partial charge is 0.411 e. The average molecular weight is 537 g/mol. The first-order valence-corrected chi connectivity index (χ1v) is 13.8. The number of rotatable bonds is 8. The van der Waals surface area contributed by atoms with Crippen LogP contribution in [-0.2, 0) is 26.2 Å². The van der Waals surface area contributed by atoms with E-state index >= 15 is 0 Å². The largest absolute Gasteiger partial charge is 0.465 e. The standard InChI is InChI=1S/C33H32N2O5/c1-4-38-31(36)33(18-19-33)27-16-14-24(15-17-27)23-10-12-26(13-11-23)30-28(21(2)34-40-30)20-35-22(3)29(39-32(35)37)25-8-6-5-7-9-25/h5-17,22,29H,4,18-20H2,1-3H3/t22-,29-/m0/s1. The van der Waals surface area contributed by atoms with E-state index in [4.69, 9.17) is 14.0 Å². The number of aryl methyl sites for hydroxylation is 1. The molecule has 7 nitrogen and oxygen atoms in total. The molecular weight excluding hydrogens is 504 g/mol. The topological polar surface area (TPSA) is 81.9 Å². The van der Waals surface area contributed by atoms with Crippen molar-refractivity contribution in [2.75, 3.05) is 6.61 Å². The number of aromatic nitrogens is 1. The predicted octanol–water partition coefficient (Wildman–Crippen LogP) is 6.99. The zero-order chi connectivity index (χ0) is 27.9. The Balaban J connectivity index is 1.20. The van der Waals surface area contributed by atoms with E-state index in [-0.39, 0.29) is 24.2 Å². The number of amides is 1. The molecule has 2 fully saturated rings. The third-order valence-electron chi connectivity index (χ3n) is 8.17. The lowest BCUT2D eigenvalue weighted by atomic mass is 9.93. The SMILES string of the molecule is CCOC(=O)C1(c2ccc(-c3ccc(-c4onc(C)c4CN4C(=O)O[C@H](c5ccccc5)[C@@H]4C)cc3)cc2)CC1. The molecule has 1 aromatic heterocycles. The molecular formula is C33H32N2O5. The first kappa shape index (κ1) is 25.9. The molecule has 1 amide bonds. The molecule has 2 heterocycles. The maximum Gasteiger partial charge on any atom is 0.411 e. The highest BCUT2D eigenvalue weighted by Crippen LogP contribution is 2.49. The van der Waals surface area contributed by atoms with Crippen LogP contribution in [0.25, 0.3) is 22.5 Å². The lowest BCUT2D eigenvalue weighted by molar-refractivity contribution is -0.146. The predicted molar refractivity (Wildman–Crippen MR) is 150 cm³/mol. The van der Waals surface area contributed by atoms with Crippen LogP contribution in [0, 0.1) is 6.92 Å². The summed E-state index contributed by atoms with van der Waals surface area (Å²) in [5.41, 5.74) is 6.12. The van der Waals surface area contributed by atoms with Crippen LogP contribution in [0.1, 0.15) is 55.2 Å². The summed E-state index contributed by atoms with van der Waals surface area (Å²) < 4.78 is 16.8. The van der Waals surface area contributed by atoms with Crippen LogP contribution in [0.2, 0.25) is 0 Å². The first-order chi connectivity index (χ1) is 19.4. The van der Waals surface area contributed by atoms with Crippen molar-refractivity contribution in [2.24, 2.45) is 0 Å². The summed E-state index contributed by atoms with van der Waals surface area (Å²) in [6.45, 7) is 6.48. The number of hydrogen-bond donors (Lipinski definition) is 0. The Kier molecular flexibility index (Phi) is 6.66. The molecule has 2 atom stereocenters. The zero-order valence-corrected chi connectivity index (χ0v) is 22.9. The molecule has 1 saturated heterocycles. The molecule has 1 saturated carbocycles. The van der Waals surface area contributed by atoms with Crippen LogP contribution in [0.4, 0.5) is 4.79 Å². The van der Waals surface area contributed by atoms with Crippen LogP contribution in [0.5, 0.6) is 0 Å². The van der Waals surface area contributed by atoms with Crippen molar-refractivity contribution >= 4 is 12.1 Å². The Labute approximate surface area is 233 Å². The van der Waals surface area contributed by atoms with Crippen molar-refractivity contribution in [1.29, 1.82) is 0 Å². The van der Waals surface area contributed by atoms with E-state index in [0.29, 0.717) is 18.9 Å². The quantitative estimate of drug-likeness (QED) is 0.226. The Morgan fingerprint density at radius 3 is 2.23 bits per heavy atom. The maximum atomic E-state index is 12.8. The van der Waals surface area contributed by atoms with Crippen LogP contribution in [-0.4, -0.2) is 34.8 Å². The maximum absolute atomic E-state index is 12.8. The van der Waals surface area contributed by atoms with Gasteiger partial charge in [0.2, 0.25) is 0 Å². The van der Waals surface area contributed by atoms with Gasteiger partial charge in [-0.05, 0) is 55.9 Å². The molecule has 3 aromatic carbocycles. The van der Waals surface area contributed by atoms with Crippen molar-refractivity contribution in [3.05, 3.63) is 101 Å².